The van der Waals surface area contributed by atoms with E-state index in [-0.39, 0.29) is 12.3 Å². The fourth-order valence-corrected chi connectivity index (χ4v) is 4.63. The Morgan fingerprint density at radius 1 is 1.27 bits per heavy atom. The molecule has 3 heterocycles. The van der Waals surface area contributed by atoms with E-state index in [1.54, 1.807) is 25.8 Å². The molecule has 26 heavy (non-hydrogen) atoms. The van der Waals surface area contributed by atoms with E-state index in [1.165, 1.54) is 16.0 Å². The first kappa shape index (κ1) is 17.7. The smallest absolute Gasteiger partial charge is 0.226 e. The molecule has 1 amide bonds. The molecule has 0 bridgehead atoms. The molecule has 140 valence electrons. The zero-order chi connectivity index (χ0) is 18.3. The van der Waals surface area contributed by atoms with E-state index in [2.05, 4.69) is 21.8 Å². The summed E-state index contributed by atoms with van der Waals surface area (Å²) in [5.74, 6) is 0.954. The van der Waals surface area contributed by atoms with Gasteiger partial charge < -0.3 is 20.1 Å². The van der Waals surface area contributed by atoms with Gasteiger partial charge in [0, 0.05) is 37.6 Å². The number of hydrogen-bond donors (Lipinski definition) is 2. The maximum absolute atomic E-state index is 12.3. The van der Waals surface area contributed by atoms with Gasteiger partial charge in [-0.05, 0) is 55.1 Å². The Bertz CT molecular complexity index is 739. The lowest BCUT2D eigenvalue weighted by Gasteiger charge is -2.25. The van der Waals surface area contributed by atoms with E-state index in [9.17, 15) is 9.90 Å². The zero-order valence-corrected chi connectivity index (χ0v) is 16.1. The number of ether oxygens (including phenoxy) is 1. The summed E-state index contributed by atoms with van der Waals surface area (Å²) in [6.07, 6.45) is 0.177. The van der Waals surface area contributed by atoms with Gasteiger partial charge in [0.2, 0.25) is 5.91 Å². The number of anilines is 1. The predicted octanol–water partition coefficient (Wildman–Crippen LogP) is 2.11. The van der Waals surface area contributed by atoms with Crippen molar-refractivity contribution >= 4 is 23.5 Å². The van der Waals surface area contributed by atoms with Crippen molar-refractivity contribution in [2.75, 3.05) is 44.6 Å². The number of nitrogens with one attached hydrogen (secondary N) is 1. The van der Waals surface area contributed by atoms with E-state index in [0.717, 1.165) is 31.1 Å². The van der Waals surface area contributed by atoms with E-state index >= 15 is 0 Å². The molecule has 0 spiro atoms. The molecule has 0 radical (unpaired) electrons. The Balaban J connectivity index is 1.32. The van der Waals surface area contributed by atoms with Crippen molar-refractivity contribution in [1.29, 1.82) is 0 Å². The van der Waals surface area contributed by atoms with Crippen LogP contribution < -0.4 is 10.1 Å². The van der Waals surface area contributed by atoms with E-state index in [1.807, 2.05) is 11.0 Å². The molecule has 0 atom stereocenters. The maximum Gasteiger partial charge on any atom is 0.226 e. The van der Waals surface area contributed by atoms with Gasteiger partial charge in [0.15, 0.2) is 0 Å². The van der Waals surface area contributed by atoms with Gasteiger partial charge in [-0.2, -0.15) is 0 Å². The number of nitrogens with zero attached hydrogens (tertiary/aromatic N) is 2. The number of benzene rings is 1. The largest absolute Gasteiger partial charge is 0.490 e. The molecule has 0 aromatic heterocycles. The Labute approximate surface area is 158 Å². The van der Waals surface area contributed by atoms with E-state index in [0.29, 0.717) is 19.7 Å². The maximum atomic E-state index is 12.3. The highest BCUT2D eigenvalue weighted by Gasteiger charge is 2.34. The number of carbonyl (C=O) groups is 1. The van der Waals surface area contributed by atoms with Gasteiger partial charge in [0.05, 0.1) is 17.7 Å². The van der Waals surface area contributed by atoms with E-state index < -0.39 is 5.60 Å². The quantitative estimate of drug-likeness (QED) is 0.621. The fraction of sp³-hybridized carbons (Fsp3) is 0.526. The second-order valence-corrected chi connectivity index (χ2v) is 8.94. The second-order valence-electron chi connectivity index (χ2n) is 7.77. The summed E-state index contributed by atoms with van der Waals surface area (Å²) in [5, 5.41) is 13.2. The molecule has 1 aromatic rings. The van der Waals surface area contributed by atoms with Gasteiger partial charge in [-0.25, -0.2) is 4.31 Å². The third-order valence-electron chi connectivity index (χ3n) is 4.80. The summed E-state index contributed by atoms with van der Waals surface area (Å²) in [6, 6.07) is 6.26. The highest BCUT2D eigenvalue weighted by Crippen LogP contribution is 2.37. The lowest BCUT2D eigenvalue weighted by Crippen LogP contribution is -2.37. The average molecular weight is 375 g/mol. The lowest BCUT2D eigenvalue weighted by molar-refractivity contribution is -0.134. The molecule has 4 rings (SSSR count). The molecular formula is C19H25N3O3S. The predicted molar refractivity (Wildman–Crippen MR) is 102 cm³/mol. The third-order valence-corrected chi connectivity index (χ3v) is 5.78. The third kappa shape index (κ3) is 3.84. The first-order valence-corrected chi connectivity index (χ1v) is 9.78. The number of carbonyl (C=O) groups excluding carboxylic acids is 1. The minimum Gasteiger partial charge on any atom is -0.490 e. The normalized spacial score (nSPS) is 19.9. The van der Waals surface area contributed by atoms with Crippen LogP contribution in [0, 0.1) is 0 Å². The van der Waals surface area contributed by atoms with Crippen molar-refractivity contribution in [2.24, 2.45) is 0 Å². The molecule has 7 heteroatoms. The highest BCUT2D eigenvalue weighted by molar-refractivity contribution is 7.97. The van der Waals surface area contributed by atoms with Crippen molar-refractivity contribution in [3.8, 4) is 5.75 Å². The molecule has 3 aliphatic heterocycles. The van der Waals surface area contributed by atoms with Gasteiger partial charge in [0.25, 0.3) is 0 Å². The van der Waals surface area contributed by atoms with Crippen LogP contribution in [0.1, 0.15) is 20.3 Å². The van der Waals surface area contributed by atoms with Crippen LogP contribution in [0.4, 0.5) is 5.69 Å². The molecule has 0 aliphatic carbocycles. The molecular weight excluding hydrogens is 350 g/mol. The summed E-state index contributed by atoms with van der Waals surface area (Å²) < 4.78 is 7.97. The van der Waals surface area contributed by atoms with Crippen molar-refractivity contribution < 1.29 is 14.6 Å². The SMILES string of the molecule is CC(C)(O)CC(=O)N1CC2=C(CN(Sc3ccc4c(c3)NCCO4)C2)C1. The Kier molecular flexibility index (Phi) is 4.62. The Hall–Kier alpha value is -1.70. The molecule has 0 saturated heterocycles. The summed E-state index contributed by atoms with van der Waals surface area (Å²) in [4.78, 5) is 15.4. The molecule has 0 fully saturated rings. The molecule has 1 aromatic carbocycles. The topological polar surface area (TPSA) is 65.0 Å². The summed E-state index contributed by atoms with van der Waals surface area (Å²) in [6.45, 7) is 8.07. The molecule has 0 saturated carbocycles. The zero-order valence-electron chi connectivity index (χ0n) is 15.2. The standard InChI is InChI=1S/C19H25N3O3S/c1-19(2,24)8-18(23)21-9-13-11-22(12-14(13)10-21)26-15-3-4-17-16(7-15)20-5-6-25-17/h3-4,7,20,24H,5-6,8-12H2,1-2H3. The molecule has 3 aliphatic rings. The lowest BCUT2D eigenvalue weighted by atomic mass is 10.1. The summed E-state index contributed by atoms with van der Waals surface area (Å²) in [5.41, 5.74) is 2.81. The molecule has 2 N–H and O–H groups in total. The van der Waals surface area contributed by atoms with E-state index in [4.69, 9.17) is 4.74 Å². The van der Waals surface area contributed by atoms with Gasteiger partial charge >= 0.3 is 0 Å². The fourth-order valence-electron chi connectivity index (χ4n) is 3.59. The van der Waals surface area contributed by atoms with Gasteiger partial charge in [0.1, 0.15) is 12.4 Å². The summed E-state index contributed by atoms with van der Waals surface area (Å²) in [7, 11) is 0. The number of hydrogen-bond acceptors (Lipinski definition) is 6. The van der Waals surface area contributed by atoms with Crippen molar-refractivity contribution in [3.05, 3.63) is 29.3 Å². The second kappa shape index (κ2) is 6.79. The van der Waals surface area contributed by atoms with Crippen molar-refractivity contribution in [2.45, 2.75) is 30.8 Å². The van der Waals surface area contributed by atoms with Crippen LogP contribution >= 0.6 is 11.9 Å². The minimum absolute atomic E-state index is 0.0341. The van der Waals surface area contributed by atoms with Crippen molar-refractivity contribution in [3.63, 3.8) is 0 Å². The van der Waals surface area contributed by atoms with Crippen LogP contribution in [-0.2, 0) is 4.79 Å². The number of amides is 1. The van der Waals surface area contributed by atoms with Gasteiger partial charge in [-0.1, -0.05) is 0 Å². The van der Waals surface area contributed by atoms with Crippen molar-refractivity contribution in [1.82, 2.24) is 9.21 Å². The number of rotatable bonds is 4. The van der Waals surface area contributed by atoms with Crippen LogP contribution in [0.15, 0.2) is 34.2 Å². The van der Waals surface area contributed by atoms with Gasteiger partial charge in [-0.15, -0.1) is 0 Å². The monoisotopic (exact) mass is 375 g/mol. The first-order chi connectivity index (χ1) is 12.4. The van der Waals surface area contributed by atoms with Crippen LogP contribution in [0.25, 0.3) is 0 Å². The minimum atomic E-state index is -0.948. The average Bonchev–Trinajstić information content (AvgIpc) is 3.11. The Morgan fingerprint density at radius 2 is 2.00 bits per heavy atom. The number of fused-ring (bicyclic) bond motifs is 1. The summed E-state index contributed by atoms with van der Waals surface area (Å²) >= 11 is 1.75. The van der Waals surface area contributed by atoms with Crippen LogP contribution in [0.2, 0.25) is 0 Å². The van der Waals surface area contributed by atoms with Crippen LogP contribution in [-0.4, -0.2) is 65.2 Å². The Morgan fingerprint density at radius 3 is 2.69 bits per heavy atom. The van der Waals surface area contributed by atoms with Crippen LogP contribution in [0.5, 0.6) is 5.75 Å². The molecule has 6 nitrogen and oxygen atoms in total. The highest BCUT2D eigenvalue weighted by atomic mass is 32.2. The first-order valence-electron chi connectivity index (χ1n) is 9.01. The van der Waals surface area contributed by atoms with Crippen LogP contribution in [0.3, 0.4) is 0 Å². The number of aliphatic hydroxyl groups is 1. The van der Waals surface area contributed by atoms with Gasteiger partial charge in [-0.3, -0.25) is 4.79 Å². The molecule has 0 unspecified atom stereocenters.